The molecule has 0 saturated heterocycles. The van der Waals surface area contributed by atoms with Gasteiger partial charge >= 0.3 is 0 Å². The number of benzene rings is 1. The number of halogens is 2. The van der Waals surface area contributed by atoms with Crippen LogP contribution < -0.4 is 5.56 Å². The predicted octanol–water partition coefficient (Wildman–Crippen LogP) is 2.43. The number of aromatic nitrogens is 2. The van der Waals surface area contributed by atoms with Gasteiger partial charge in [0.2, 0.25) is 5.88 Å². The van der Waals surface area contributed by atoms with Crippen molar-refractivity contribution in [3.05, 3.63) is 54.1 Å². The second-order valence-corrected chi connectivity index (χ2v) is 5.45. The van der Waals surface area contributed by atoms with E-state index in [1.807, 2.05) is 24.3 Å². The third kappa shape index (κ3) is 3.06. The molecule has 0 bridgehead atoms. The van der Waals surface area contributed by atoms with E-state index in [0.29, 0.717) is 12.2 Å². The molecule has 4 nitrogen and oxygen atoms in total. The van der Waals surface area contributed by atoms with Crippen LogP contribution in [0.4, 0.5) is 0 Å². The minimum Gasteiger partial charge on any atom is -0.492 e. The van der Waals surface area contributed by atoms with Crippen molar-refractivity contribution < 1.29 is 5.11 Å². The van der Waals surface area contributed by atoms with Crippen molar-refractivity contribution in [1.29, 1.82) is 0 Å². The Labute approximate surface area is 119 Å². The fourth-order valence-electron chi connectivity index (χ4n) is 1.42. The van der Waals surface area contributed by atoms with Crippen LogP contribution in [0.3, 0.4) is 0 Å². The molecule has 17 heavy (non-hydrogen) atoms. The largest absolute Gasteiger partial charge is 0.492 e. The monoisotopic (exact) mass is 406 g/mol. The molecule has 0 spiro atoms. The number of nitrogens with zero attached hydrogens (tertiary/aromatic N) is 1. The lowest BCUT2D eigenvalue weighted by molar-refractivity contribution is 0.443. The van der Waals surface area contributed by atoms with E-state index in [0.717, 1.165) is 10.0 Å². The molecule has 0 atom stereocenters. The molecule has 0 radical (unpaired) electrons. The van der Waals surface area contributed by atoms with Crippen LogP contribution in [0.15, 0.2) is 33.5 Å². The van der Waals surface area contributed by atoms with Crippen molar-refractivity contribution in [2.45, 2.75) is 6.42 Å². The lowest BCUT2D eigenvalue weighted by Gasteiger charge is -2.03. The van der Waals surface area contributed by atoms with Gasteiger partial charge in [0.05, 0.1) is 0 Å². The van der Waals surface area contributed by atoms with Gasteiger partial charge in [-0.2, -0.15) is 4.98 Å². The Kier molecular flexibility index (Phi) is 3.82. The van der Waals surface area contributed by atoms with E-state index in [2.05, 4.69) is 25.9 Å². The van der Waals surface area contributed by atoms with E-state index in [-0.39, 0.29) is 15.0 Å². The molecule has 2 rings (SSSR count). The number of nitrogens with one attached hydrogen (secondary N) is 1. The van der Waals surface area contributed by atoms with E-state index >= 15 is 0 Å². The third-order valence-electron chi connectivity index (χ3n) is 2.15. The molecule has 0 aliphatic carbocycles. The number of hydrogen-bond donors (Lipinski definition) is 2. The lowest BCUT2D eigenvalue weighted by Crippen LogP contribution is -2.14. The number of H-pyrrole nitrogens is 1. The average Bonchev–Trinajstić information content (AvgIpc) is 2.26. The summed E-state index contributed by atoms with van der Waals surface area (Å²) in [6, 6.07) is 7.70. The summed E-state index contributed by atoms with van der Waals surface area (Å²) >= 11 is 5.13. The molecule has 88 valence electrons. The van der Waals surface area contributed by atoms with Crippen molar-refractivity contribution in [1.82, 2.24) is 9.97 Å². The summed E-state index contributed by atoms with van der Waals surface area (Å²) in [7, 11) is 0. The average molecular weight is 407 g/mol. The highest BCUT2D eigenvalue weighted by Crippen LogP contribution is 2.15. The summed E-state index contributed by atoms with van der Waals surface area (Å²) in [5.74, 6) is 0.227. The van der Waals surface area contributed by atoms with Crippen molar-refractivity contribution in [3.8, 4) is 5.88 Å². The van der Waals surface area contributed by atoms with Crippen LogP contribution in [0.25, 0.3) is 0 Å². The Morgan fingerprint density at radius 1 is 1.47 bits per heavy atom. The van der Waals surface area contributed by atoms with Crippen LogP contribution in [0, 0.1) is 3.57 Å². The van der Waals surface area contributed by atoms with Gasteiger partial charge in [-0.3, -0.25) is 4.79 Å². The molecular weight excluding hydrogens is 399 g/mol. The third-order valence-corrected chi connectivity index (χ3v) is 3.62. The van der Waals surface area contributed by atoms with Crippen LogP contribution in [0.2, 0.25) is 0 Å². The highest BCUT2D eigenvalue weighted by atomic mass is 127. The molecule has 6 heteroatoms. The van der Waals surface area contributed by atoms with Gasteiger partial charge in [0.1, 0.15) is 9.39 Å². The molecule has 0 unspecified atom stereocenters. The smallest absolute Gasteiger partial charge is 0.268 e. The normalized spacial score (nSPS) is 10.5. The maximum Gasteiger partial charge on any atom is 0.268 e. The summed E-state index contributed by atoms with van der Waals surface area (Å²) < 4.78 is 1.17. The second kappa shape index (κ2) is 5.18. The topological polar surface area (TPSA) is 66.0 Å². The molecule has 0 fully saturated rings. The summed E-state index contributed by atoms with van der Waals surface area (Å²) in [5, 5.41) is 9.47. The van der Waals surface area contributed by atoms with Crippen LogP contribution in [-0.4, -0.2) is 15.1 Å². The Morgan fingerprint density at radius 2 is 2.24 bits per heavy atom. The number of rotatable bonds is 2. The number of hydrogen-bond acceptors (Lipinski definition) is 3. The lowest BCUT2D eigenvalue weighted by atomic mass is 10.1. The van der Waals surface area contributed by atoms with Crippen LogP contribution in [-0.2, 0) is 6.42 Å². The molecule has 0 amide bonds. The summed E-state index contributed by atoms with van der Waals surface area (Å²) in [5.41, 5.74) is 0.686. The van der Waals surface area contributed by atoms with Gasteiger partial charge < -0.3 is 10.1 Å². The first-order valence-electron chi connectivity index (χ1n) is 4.78. The fourth-order valence-corrected chi connectivity index (χ4v) is 2.12. The van der Waals surface area contributed by atoms with Gasteiger partial charge in [0.25, 0.3) is 5.56 Å². The molecular formula is C11H8BrIN2O2. The maximum atomic E-state index is 11.4. The Balaban J connectivity index is 2.34. The van der Waals surface area contributed by atoms with Gasteiger partial charge in [0.15, 0.2) is 0 Å². The van der Waals surface area contributed by atoms with Crippen LogP contribution in [0.1, 0.15) is 11.4 Å². The summed E-state index contributed by atoms with van der Waals surface area (Å²) in [6.45, 7) is 0. The fraction of sp³-hybridized carbons (Fsp3) is 0.0909. The Bertz CT molecular complexity index is 613. The van der Waals surface area contributed by atoms with Gasteiger partial charge in [-0.15, -0.1) is 0 Å². The van der Waals surface area contributed by atoms with E-state index < -0.39 is 0 Å². The zero-order valence-electron chi connectivity index (χ0n) is 8.58. The van der Waals surface area contributed by atoms with E-state index in [9.17, 15) is 9.90 Å². The standard InChI is InChI=1S/C11H8BrIN2O2/c12-7-3-1-2-6(4-7)5-8-14-10(16)9(13)11(17)15-8/h1-4H,5H2,(H2,14,15,16,17). The molecule has 0 aliphatic rings. The summed E-state index contributed by atoms with van der Waals surface area (Å²) in [4.78, 5) is 18.0. The zero-order chi connectivity index (χ0) is 12.4. The van der Waals surface area contributed by atoms with Crippen molar-refractivity contribution in [3.63, 3.8) is 0 Å². The quantitative estimate of drug-likeness (QED) is 0.753. The van der Waals surface area contributed by atoms with Gasteiger partial charge in [-0.1, -0.05) is 28.1 Å². The van der Waals surface area contributed by atoms with Crippen LogP contribution >= 0.6 is 38.5 Å². The molecule has 1 aromatic heterocycles. The molecule has 0 saturated carbocycles. The molecule has 2 N–H and O–H groups in total. The van der Waals surface area contributed by atoms with E-state index in [4.69, 9.17) is 0 Å². The van der Waals surface area contributed by atoms with E-state index in [1.165, 1.54) is 0 Å². The minimum absolute atomic E-state index is 0.209. The van der Waals surface area contributed by atoms with Gasteiger partial charge in [-0.25, -0.2) is 0 Å². The zero-order valence-corrected chi connectivity index (χ0v) is 12.3. The number of aromatic amines is 1. The van der Waals surface area contributed by atoms with Gasteiger partial charge in [0, 0.05) is 10.9 Å². The molecule has 1 aromatic carbocycles. The van der Waals surface area contributed by atoms with Gasteiger partial charge in [-0.05, 0) is 40.3 Å². The predicted molar refractivity (Wildman–Crippen MR) is 76.2 cm³/mol. The van der Waals surface area contributed by atoms with Crippen molar-refractivity contribution >= 4 is 38.5 Å². The highest BCUT2D eigenvalue weighted by Gasteiger charge is 2.07. The second-order valence-electron chi connectivity index (χ2n) is 3.46. The Morgan fingerprint density at radius 3 is 2.88 bits per heavy atom. The minimum atomic E-state index is -0.317. The molecule has 0 aliphatic heterocycles. The van der Waals surface area contributed by atoms with Crippen molar-refractivity contribution in [2.24, 2.45) is 0 Å². The van der Waals surface area contributed by atoms with Crippen molar-refractivity contribution in [2.75, 3.05) is 0 Å². The first-order valence-corrected chi connectivity index (χ1v) is 6.65. The highest BCUT2D eigenvalue weighted by molar-refractivity contribution is 14.1. The SMILES string of the molecule is O=c1[nH]c(Cc2cccc(Br)c2)nc(O)c1I. The first-order chi connectivity index (χ1) is 8.06. The summed E-state index contributed by atoms with van der Waals surface area (Å²) in [6.07, 6.45) is 0.471. The Hall–Kier alpha value is -0.890. The first kappa shape index (κ1) is 12.6. The molecule has 1 heterocycles. The van der Waals surface area contributed by atoms with E-state index in [1.54, 1.807) is 22.6 Å². The number of aromatic hydroxyl groups is 1. The molecule has 2 aromatic rings. The maximum absolute atomic E-state index is 11.4. The van der Waals surface area contributed by atoms with Crippen LogP contribution in [0.5, 0.6) is 5.88 Å².